The molecule has 2 aromatic heterocycles. The number of nitrogens with two attached hydrogens (primary N) is 1. The zero-order valence-corrected chi connectivity index (χ0v) is 9.75. The normalized spacial score (nSPS) is 11.1. The van der Waals surface area contributed by atoms with E-state index in [4.69, 9.17) is 5.73 Å². The van der Waals surface area contributed by atoms with E-state index in [1.54, 1.807) is 18.8 Å². The molecule has 7 heteroatoms. The quantitative estimate of drug-likeness (QED) is 0.438. The number of rotatable bonds is 2. The van der Waals surface area contributed by atoms with Crippen LogP contribution in [0.25, 0.3) is 11.2 Å². The van der Waals surface area contributed by atoms with Gasteiger partial charge in [0.1, 0.15) is 0 Å². The lowest BCUT2D eigenvalue weighted by atomic mass is 10.5. The summed E-state index contributed by atoms with van der Waals surface area (Å²) in [6.45, 7) is 2.07. The van der Waals surface area contributed by atoms with E-state index >= 15 is 0 Å². The summed E-state index contributed by atoms with van der Waals surface area (Å²) in [7, 11) is 3.69. The number of aryl methyl sites for hydroxylation is 2. The van der Waals surface area contributed by atoms with Crippen molar-refractivity contribution in [1.82, 2.24) is 20.0 Å². The Bertz CT molecular complexity index is 505. The van der Waals surface area contributed by atoms with Crippen LogP contribution in [0.1, 0.15) is 6.92 Å². The van der Waals surface area contributed by atoms with E-state index in [9.17, 15) is 0 Å². The molecule has 0 amide bonds. The fourth-order valence-corrected chi connectivity index (χ4v) is 2.07. The number of thioether (sulfide) groups is 1. The monoisotopic (exact) mass is 225 g/mol. The van der Waals surface area contributed by atoms with Gasteiger partial charge in [-0.1, -0.05) is 23.7 Å². The molecule has 6 nitrogen and oxygen atoms in total. The van der Waals surface area contributed by atoms with Gasteiger partial charge in [0, 0.05) is 10.9 Å². The minimum absolute atomic E-state index is 0.437. The Morgan fingerprint density at radius 3 is 2.87 bits per heavy atom. The van der Waals surface area contributed by atoms with Gasteiger partial charge < -0.3 is 5.73 Å². The first kappa shape index (κ1) is 10.2. The van der Waals surface area contributed by atoms with E-state index in [0.717, 1.165) is 16.6 Å². The smallest absolute Gasteiger partial charge is 0.321 e. The second kappa shape index (κ2) is 3.65. The molecular formula is C8H13N6S+. The summed E-state index contributed by atoms with van der Waals surface area (Å²) >= 11 is 1.63. The van der Waals surface area contributed by atoms with Crippen molar-refractivity contribution in [2.75, 3.05) is 11.5 Å². The first-order valence-electron chi connectivity index (χ1n) is 4.62. The van der Waals surface area contributed by atoms with Gasteiger partial charge in [0.25, 0.3) is 0 Å². The third-order valence-electron chi connectivity index (χ3n) is 2.03. The van der Waals surface area contributed by atoms with E-state index in [0.29, 0.717) is 11.3 Å². The van der Waals surface area contributed by atoms with Gasteiger partial charge in [0.2, 0.25) is 11.3 Å². The molecular weight excluding hydrogens is 212 g/mol. The minimum atomic E-state index is 0.437. The molecule has 0 aliphatic rings. The maximum Gasteiger partial charge on any atom is 0.321 e. The second-order valence-electron chi connectivity index (χ2n) is 3.13. The van der Waals surface area contributed by atoms with Crippen LogP contribution in [0.5, 0.6) is 0 Å². The molecule has 80 valence electrons. The van der Waals surface area contributed by atoms with Crippen molar-refractivity contribution >= 4 is 28.7 Å². The standard InChI is InChI=1S/C8H12N6S/c1-4-15-8-10-6(9)5-7(13(8)2)12-14(3)11-5/h9H,4H2,1-3H3/p+1. The van der Waals surface area contributed by atoms with Crippen LogP contribution < -0.4 is 10.3 Å². The van der Waals surface area contributed by atoms with Crippen LogP contribution >= 0.6 is 11.8 Å². The van der Waals surface area contributed by atoms with E-state index in [1.807, 2.05) is 11.6 Å². The van der Waals surface area contributed by atoms with Crippen LogP contribution in [0.2, 0.25) is 0 Å². The zero-order chi connectivity index (χ0) is 11.0. The van der Waals surface area contributed by atoms with Crippen LogP contribution in [0.15, 0.2) is 5.16 Å². The summed E-state index contributed by atoms with van der Waals surface area (Å²) in [6.07, 6.45) is 0. The predicted molar refractivity (Wildman–Crippen MR) is 58.3 cm³/mol. The summed E-state index contributed by atoms with van der Waals surface area (Å²) in [4.78, 5) is 5.79. The van der Waals surface area contributed by atoms with Gasteiger partial charge in [0.05, 0.1) is 14.1 Å². The fraction of sp³-hybridized carbons (Fsp3) is 0.500. The molecule has 0 radical (unpaired) electrons. The molecule has 0 atom stereocenters. The summed E-state index contributed by atoms with van der Waals surface area (Å²) in [5, 5.41) is 9.28. The van der Waals surface area contributed by atoms with Crippen molar-refractivity contribution < 1.29 is 4.57 Å². The second-order valence-corrected chi connectivity index (χ2v) is 4.36. The van der Waals surface area contributed by atoms with Gasteiger partial charge in [-0.2, -0.15) is 0 Å². The number of nitrogens with zero attached hydrogens (tertiary/aromatic N) is 5. The molecule has 0 aliphatic carbocycles. The van der Waals surface area contributed by atoms with Crippen LogP contribution in [0.4, 0.5) is 5.82 Å². The van der Waals surface area contributed by atoms with Crippen LogP contribution in [-0.2, 0) is 14.1 Å². The maximum absolute atomic E-state index is 5.82. The van der Waals surface area contributed by atoms with Gasteiger partial charge in [-0.05, 0) is 0 Å². The lowest BCUT2D eigenvalue weighted by Crippen LogP contribution is -2.34. The molecule has 15 heavy (non-hydrogen) atoms. The van der Waals surface area contributed by atoms with E-state index in [-0.39, 0.29) is 0 Å². The summed E-state index contributed by atoms with van der Waals surface area (Å²) in [5.41, 5.74) is 7.23. The van der Waals surface area contributed by atoms with Crippen molar-refractivity contribution in [2.45, 2.75) is 12.1 Å². The molecule has 0 spiro atoms. The third kappa shape index (κ3) is 1.63. The Kier molecular flexibility index (Phi) is 2.47. The maximum atomic E-state index is 5.82. The highest BCUT2D eigenvalue weighted by Gasteiger charge is 2.20. The topological polar surface area (TPSA) is 73.5 Å². The fourth-order valence-electron chi connectivity index (χ4n) is 1.37. The number of nitrogen functional groups attached to an aromatic ring is 1. The molecule has 0 fully saturated rings. The minimum Gasteiger partial charge on any atom is -0.368 e. The molecule has 2 rings (SSSR count). The molecule has 2 N–H and O–H groups in total. The number of aromatic nitrogens is 5. The summed E-state index contributed by atoms with van der Waals surface area (Å²) in [5.74, 6) is 1.39. The molecule has 0 saturated carbocycles. The van der Waals surface area contributed by atoms with Crippen LogP contribution in [0, 0.1) is 0 Å². The number of hydrogen-bond donors (Lipinski definition) is 1. The predicted octanol–water partition coefficient (Wildman–Crippen LogP) is -0.118. The number of anilines is 1. The molecule has 2 aromatic rings. The van der Waals surface area contributed by atoms with Crippen molar-refractivity contribution in [3.63, 3.8) is 0 Å². The zero-order valence-electron chi connectivity index (χ0n) is 8.93. The van der Waals surface area contributed by atoms with Crippen LogP contribution in [0.3, 0.4) is 0 Å². The van der Waals surface area contributed by atoms with Gasteiger partial charge >= 0.3 is 10.8 Å². The lowest BCUT2D eigenvalue weighted by molar-refractivity contribution is -0.689. The highest BCUT2D eigenvalue weighted by atomic mass is 32.2. The highest BCUT2D eigenvalue weighted by Crippen LogP contribution is 2.17. The average molecular weight is 225 g/mol. The van der Waals surface area contributed by atoms with E-state index < -0.39 is 0 Å². The largest absolute Gasteiger partial charge is 0.368 e. The third-order valence-corrected chi connectivity index (χ3v) is 2.94. The van der Waals surface area contributed by atoms with Crippen LogP contribution in [-0.4, -0.2) is 25.7 Å². The summed E-state index contributed by atoms with van der Waals surface area (Å²) in [6, 6.07) is 0. The number of fused-ring (bicyclic) bond motifs is 1. The summed E-state index contributed by atoms with van der Waals surface area (Å²) < 4.78 is 1.91. The Hall–Kier alpha value is -1.37. The average Bonchev–Trinajstić information content (AvgIpc) is 2.57. The van der Waals surface area contributed by atoms with Gasteiger partial charge in [-0.15, -0.1) is 9.90 Å². The van der Waals surface area contributed by atoms with Crippen molar-refractivity contribution in [3.8, 4) is 0 Å². The SMILES string of the molecule is CCSc1nc(N)c2nn(C)nc2[n+]1C. The van der Waals surface area contributed by atoms with Crippen molar-refractivity contribution in [3.05, 3.63) is 0 Å². The van der Waals surface area contributed by atoms with Gasteiger partial charge in [-0.25, -0.2) is 4.57 Å². The Balaban J connectivity index is 2.71. The van der Waals surface area contributed by atoms with E-state index in [2.05, 4.69) is 22.1 Å². The van der Waals surface area contributed by atoms with Crippen molar-refractivity contribution in [1.29, 1.82) is 0 Å². The van der Waals surface area contributed by atoms with E-state index in [1.165, 1.54) is 4.80 Å². The molecule has 0 aliphatic heterocycles. The number of hydrogen-bond acceptors (Lipinski definition) is 5. The highest BCUT2D eigenvalue weighted by molar-refractivity contribution is 7.99. The Labute approximate surface area is 91.5 Å². The van der Waals surface area contributed by atoms with Gasteiger partial charge in [0.15, 0.2) is 0 Å². The van der Waals surface area contributed by atoms with Gasteiger partial charge in [-0.3, -0.25) is 0 Å². The molecule has 0 bridgehead atoms. The van der Waals surface area contributed by atoms with Crippen molar-refractivity contribution in [2.24, 2.45) is 14.1 Å². The molecule has 0 saturated heterocycles. The first-order chi connectivity index (χ1) is 7.13. The first-order valence-corrected chi connectivity index (χ1v) is 5.61. The molecule has 0 aromatic carbocycles. The molecule has 0 unspecified atom stereocenters. The lowest BCUT2D eigenvalue weighted by Gasteiger charge is -1.98. The Morgan fingerprint density at radius 2 is 2.20 bits per heavy atom. The molecule has 2 heterocycles. The Morgan fingerprint density at radius 1 is 1.47 bits per heavy atom.